The van der Waals surface area contributed by atoms with E-state index in [4.69, 9.17) is 4.74 Å². The molecule has 174 valence electrons. The number of anilines is 1. The van der Waals surface area contributed by atoms with Crippen LogP contribution in [0.15, 0.2) is 42.3 Å². The molecule has 2 rings (SSSR count). The molecule has 0 aliphatic heterocycles. The summed E-state index contributed by atoms with van der Waals surface area (Å²) in [4.78, 5) is 59.8. The van der Waals surface area contributed by atoms with Gasteiger partial charge < -0.3 is 20.1 Å². The SMILES string of the molecule is C=C(NC(=O)c1csc(-c2cnc(NC(=O)OC(C)(C)C)cn2)n1)C(=O)NC(=C)C(=O)OC. The highest BCUT2D eigenvalue weighted by Gasteiger charge is 2.19. The summed E-state index contributed by atoms with van der Waals surface area (Å²) in [6, 6.07) is 0. The van der Waals surface area contributed by atoms with Crippen molar-refractivity contribution in [2.75, 3.05) is 12.4 Å². The first-order valence-corrected chi connectivity index (χ1v) is 10.1. The first-order chi connectivity index (χ1) is 15.4. The Kier molecular flexibility index (Phi) is 7.96. The molecular weight excluding hydrogens is 452 g/mol. The third-order valence-electron chi connectivity index (χ3n) is 3.47. The van der Waals surface area contributed by atoms with Crippen molar-refractivity contribution in [2.24, 2.45) is 0 Å². The van der Waals surface area contributed by atoms with Gasteiger partial charge in [-0.25, -0.2) is 24.5 Å². The molecule has 2 aromatic heterocycles. The van der Waals surface area contributed by atoms with E-state index in [1.165, 1.54) is 17.8 Å². The summed E-state index contributed by atoms with van der Waals surface area (Å²) in [5.41, 5.74) is -0.918. The normalized spacial score (nSPS) is 10.5. The number of carbonyl (C=O) groups excluding carboxylic acids is 4. The Morgan fingerprint density at radius 1 is 1.03 bits per heavy atom. The van der Waals surface area contributed by atoms with E-state index < -0.39 is 29.5 Å². The van der Waals surface area contributed by atoms with Gasteiger partial charge in [-0.3, -0.25) is 14.9 Å². The Balaban J connectivity index is 1.98. The second-order valence-corrected chi connectivity index (χ2v) is 8.17. The lowest BCUT2D eigenvalue weighted by Crippen LogP contribution is -2.35. The molecule has 0 saturated heterocycles. The minimum atomic E-state index is -0.840. The molecule has 3 N–H and O–H groups in total. The number of esters is 1. The average Bonchev–Trinajstić information content (AvgIpc) is 3.22. The fourth-order valence-corrected chi connectivity index (χ4v) is 2.81. The fourth-order valence-electron chi connectivity index (χ4n) is 2.05. The van der Waals surface area contributed by atoms with Gasteiger partial charge >= 0.3 is 12.1 Å². The van der Waals surface area contributed by atoms with Crippen molar-refractivity contribution < 1.29 is 28.7 Å². The molecule has 2 aromatic rings. The molecule has 3 amide bonds. The molecule has 12 nitrogen and oxygen atoms in total. The van der Waals surface area contributed by atoms with Crippen LogP contribution in [-0.2, 0) is 19.1 Å². The van der Waals surface area contributed by atoms with Crippen LogP contribution >= 0.6 is 11.3 Å². The standard InChI is InChI=1S/C20H22N6O6S/c1-10(15(27)24-11(2)18(29)31-6)23-16(28)13-9-33-17(25-13)12-7-22-14(8-21-12)26-19(30)32-20(3,4)5/h7-9H,1-2H2,3-6H3,(H,23,28)(H,24,27)(H,22,26,30). The van der Waals surface area contributed by atoms with Gasteiger partial charge in [-0.05, 0) is 20.8 Å². The van der Waals surface area contributed by atoms with Gasteiger partial charge in [0.25, 0.3) is 11.8 Å². The molecule has 0 aliphatic carbocycles. The van der Waals surface area contributed by atoms with E-state index in [1.807, 2.05) is 0 Å². The molecule has 33 heavy (non-hydrogen) atoms. The van der Waals surface area contributed by atoms with E-state index in [9.17, 15) is 19.2 Å². The number of hydrogen-bond donors (Lipinski definition) is 3. The summed E-state index contributed by atoms with van der Waals surface area (Å²) >= 11 is 1.12. The van der Waals surface area contributed by atoms with Crippen molar-refractivity contribution in [2.45, 2.75) is 26.4 Å². The molecule has 13 heteroatoms. The number of ether oxygens (including phenoxy) is 2. The number of hydrogen-bond acceptors (Lipinski definition) is 10. The summed E-state index contributed by atoms with van der Waals surface area (Å²) in [7, 11) is 1.13. The molecule has 0 unspecified atom stereocenters. The number of rotatable bonds is 7. The average molecular weight is 474 g/mol. The van der Waals surface area contributed by atoms with Crippen molar-refractivity contribution in [3.8, 4) is 10.7 Å². The van der Waals surface area contributed by atoms with Gasteiger partial charge in [0.05, 0.1) is 25.2 Å². The molecule has 0 saturated carbocycles. The van der Waals surface area contributed by atoms with Gasteiger partial charge in [0.2, 0.25) is 0 Å². The number of nitrogens with zero attached hydrogens (tertiary/aromatic N) is 3. The van der Waals surface area contributed by atoms with E-state index in [0.29, 0.717) is 10.7 Å². The van der Waals surface area contributed by atoms with E-state index in [2.05, 4.69) is 48.8 Å². The van der Waals surface area contributed by atoms with Crippen molar-refractivity contribution in [3.63, 3.8) is 0 Å². The highest BCUT2D eigenvalue weighted by Crippen LogP contribution is 2.22. The third kappa shape index (κ3) is 7.50. The lowest BCUT2D eigenvalue weighted by atomic mass is 10.2. The third-order valence-corrected chi connectivity index (χ3v) is 4.34. The van der Waals surface area contributed by atoms with Gasteiger partial charge in [0.1, 0.15) is 27.7 Å². The number of aromatic nitrogens is 3. The monoisotopic (exact) mass is 474 g/mol. The topological polar surface area (TPSA) is 162 Å². The van der Waals surface area contributed by atoms with E-state index in [1.54, 1.807) is 20.8 Å². The Labute approximate surface area is 193 Å². The zero-order valence-electron chi connectivity index (χ0n) is 18.3. The number of carbonyl (C=O) groups is 4. The number of methoxy groups -OCH3 is 1. The number of amides is 3. The second kappa shape index (κ2) is 10.5. The smallest absolute Gasteiger partial charge is 0.413 e. The number of thiazole rings is 1. The largest absolute Gasteiger partial charge is 0.464 e. The highest BCUT2D eigenvalue weighted by molar-refractivity contribution is 7.13. The summed E-state index contributed by atoms with van der Waals surface area (Å²) < 4.78 is 9.55. The predicted molar refractivity (Wildman–Crippen MR) is 119 cm³/mol. The maximum atomic E-state index is 12.4. The van der Waals surface area contributed by atoms with Crippen molar-refractivity contribution in [1.29, 1.82) is 0 Å². The Hall–Kier alpha value is -4.13. The van der Waals surface area contributed by atoms with Gasteiger partial charge in [-0.15, -0.1) is 11.3 Å². The van der Waals surface area contributed by atoms with Gasteiger partial charge in [-0.2, -0.15) is 0 Å². The van der Waals surface area contributed by atoms with Crippen LogP contribution in [0, 0.1) is 0 Å². The minimum Gasteiger partial charge on any atom is -0.464 e. The van der Waals surface area contributed by atoms with Crippen LogP contribution in [-0.4, -0.2) is 51.5 Å². The highest BCUT2D eigenvalue weighted by atomic mass is 32.1. The molecule has 0 aliphatic rings. The van der Waals surface area contributed by atoms with Crippen LogP contribution in [0.3, 0.4) is 0 Å². The fraction of sp³-hybridized carbons (Fsp3) is 0.250. The quantitative estimate of drug-likeness (QED) is 0.402. The van der Waals surface area contributed by atoms with Crippen LogP contribution in [0.5, 0.6) is 0 Å². The Bertz CT molecular complexity index is 1100. The zero-order chi connectivity index (χ0) is 24.8. The lowest BCUT2D eigenvalue weighted by molar-refractivity contribution is -0.137. The van der Waals surface area contributed by atoms with Crippen LogP contribution in [0.1, 0.15) is 31.3 Å². The van der Waals surface area contributed by atoms with Crippen LogP contribution in [0.25, 0.3) is 10.7 Å². The van der Waals surface area contributed by atoms with Gasteiger partial charge in [0.15, 0.2) is 5.82 Å². The first kappa shape index (κ1) is 25.1. The van der Waals surface area contributed by atoms with E-state index in [0.717, 1.165) is 18.4 Å². The Morgan fingerprint density at radius 3 is 2.30 bits per heavy atom. The van der Waals surface area contributed by atoms with Gasteiger partial charge in [-0.1, -0.05) is 13.2 Å². The summed E-state index contributed by atoms with van der Waals surface area (Å²) in [6.07, 6.45) is 2.02. The maximum Gasteiger partial charge on any atom is 0.413 e. The van der Waals surface area contributed by atoms with Gasteiger partial charge in [0, 0.05) is 5.38 Å². The molecule has 0 fully saturated rings. The predicted octanol–water partition coefficient (Wildman–Crippen LogP) is 1.99. The van der Waals surface area contributed by atoms with Crippen molar-refractivity contribution in [1.82, 2.24) is 25.6 Å². The second-order valence-electron chi connectivity index (χ2n) is 7.31. The minimum absolute atomic E-state index is 0.00787. The van der Waals surface area contributed by atoms with E-state index in [-0.39, 0.29) is 22.9 Å². The van der Waals surface area contributed by atoms with Crippen LogP contribution < -0.4 is 16.0 Å². The lowest BCUT2D eigenvalue weighted by Gasteiger charge is -2.19. The molecule has 0 spiro atoms. The molecule has 0 aromatic carbocycles. The van der Waals surface area contributed by atoms with E-state index >= 15 is 0 Å². The summed E-state index contributed by atoms with van der Waals surface area (Å²) in [5, 5.41) is 8.73. The zero-order valence-corrected chi connectivity index (χ0v) is 19.2. The molecule has 2 heterocycles. The molecular formula is C20H22N6O6S. The van der Waals surface area contributed by atoms with Crippen LogP contribution in [0.2, 0.25) is 0 Å². The molecule has 0 atom stereocenters. The first-order valence-electron chi connectivity index (χ1n) is 9.26. The van der Waals surface area contributed by atoms with Crippen LogP contribution in [0.4, 0.5) is 10.6 Å². The van der Waals surface area contributed by atoms with Crippen molar-refractivity contribution in [3.05, 3.63) is 48.0 Å². The summed E-state index contributed by atoms with van der Waals surface area (Å²) in [5.74, 6) is -2.19. The number of nitrogens with one attached hydrogen (secondary N) is 3. The summed E-state index contributed by atoms with van der Waals surface area (Å²) in [6.45, 7) is 12.0. The Morgan fingerprint density at radius 2 is 1.73 bits per heavy atom. The maximum absolute atomic E-state index is 12.4. The molecule has 0 radical (unpaired) electrons. The molecule has 0 bridgehead atoms. The van der Waals surface area contributed by atoms with Crippen molar-refractivity contribution >= 4 is 41.0 Å².